The summed E-state index contributed by atoms with van der Waals surface area (Å²) in [6, 6.07) is 0. The molecule has 0 aliphatic heterocycles. The summed E-state index contributed by atoms with van der Waals surface area (Å²) in [6.45, 7) is 23.7. The van der Waals surface area contributed by atoms with Gasteiger partial charge in [0.15, 0.2) is 0 Å². The van der Waals surface area contributed by atoms with Gasteiger partial charge < -0.3 is 9.59 Å². The van der Waals surface area contributed by atoms with Crippen LogP contribution in [0.3, 0.4) is 0 Å². The third kappa shape index (κ3) is 36.4. The first-order chi connectivity index (χ1) is 20.2. The van der Waals surface area contributed by atoms with Crippen molar-refractivity contribution in [3.63, 3.8) is 0 Å². The molecular formula is C41H74O2. The Bertz CT molecular complexity index is 832. The lowest BCUT2D eigenvalue weighted by atomic mass is 9.96. The van der Waals surface area contributed by atoms with Crippen LogP contribution in [0.25, 0.3) is 0 Å². The minimum absolute atomic E-state index is 0.289. The summed E-state index contributed by atoms with van der Waals surface area (Å²) < 4.78 is 0. The molecule has 0 rings (SSSR count). The maximum absolute atomic E-state index is 10.9. The smallest absolute Gasteiger partial charge is 0.130 e. The molecule has 0 saturated carbocycles. The molecule has 0 fully saturated rings. The molecule has 0 heterocycles. The van der Waals surface area contributed by atoms with E-state index in [1.54, 1.807) is 19.4 Å². The fourth-order valence-corrected chi connectivity index (χ4v) is 5.16. The lowest BCUT2D eigenvalue weighted by molar-refractivity contribution is -0.117. The quantitative estimate of drug-likeness (QED) is 0.104. The van der Waals surface area contributed by atoms with Crippen LogP contribution in [0.2, 0.25) is 0 Å². The average molecular weight is 599 g/mol. The molecule has 0 aromatic rings. The van der Waals surface area contributed by atoms with E-state index in [1.807, 2.05) is 0 Å². The summed E-state index contributed by atoms with van der Waals surface area (Å²) in [5, 5.41) is 0. The van der Waals surface area contributed by atoms with Crippen LogP contribution >= 0.6 is 0 Å². The van der Waals surface area contributed by atoms with Crippen LogP contribution < -0.4 is 0 Å². The Morgan fingerprint density at radius 3 is 1.14 bits per heavy atom. The first-order valence-electron chi connectivity index (χ1n) is 17.8. The van der Waals surface area contributed by atoms with E-state index in [0.29, 0.717) is 18.6 Å². The standard InChI is InChI=1S/C23H42O.C18H32O/c1-19(2)11-7-12-20(3)13-8-14-21(4)15-9-16-22(5)17-10-18-23(6)24;1-15(2)9-6-10-16(3)11-7-12-17(4)13-8-14-18(5)19/h13,17,19,21H,7-12,14-16,18H2,1-6H3;9,13,16H,6-8,10-12,14H2,1-5H3/b20-13+,22-17+;17-13+. The van der Waals surface area contributed by atoms with Gasteiger partial charge in [-0.1, -0.05) is 93.6 Å². The molecule has 2 unspecified atom stereocenters. The van der Waals surface area contributed by atoms with Crippen LogP contribution in [0.1, 0.15) is 185 Å². The minimum Gasteiger partial charge on any atom is -0.300 e. The Kier molecular flexibility index (Phi) is 29.3. The van der Waals surface area contributed by atoms with E-state index in [9.17, 15) is 9.59 Å². The number of carbonyl (C=O) groups excluding carboxylic acids is 2. The topological polar surface area (TPSA) is 34.1 Å². The van der Waals surface area contributed by atoms with Crippen molar-refractivity contribution in [2.45, 2.75) is 185 Å². The molecular weight excluding hydrogens is 524 g/mol. The van der Waals surface area contributed by atoms with Gasteiger partial charge in [-0.05, 0) is 143 Å². The van der Waals surface area contributed by atoms with E-state index in [0.717, 1.165) is 30.6 Å². The van der Waals surface area contributed by atoms with Crippen molar-refractivity contribution >= 4 is 11.6 Å². The second kappa shape index (κ2) is 29.0. The highest BCUT2D eigenvalue weighted by Gasteiger charge is 2.03. The zero-order valence-corrected chi connectivity index (χ0v) is 30.9. The Morgan fingerprint density at radius 2 is 0.791 bits per heavy atom. The molecule has 0 bridgehead atoms. The van der Waals surface area contributed by atoms with Gasteiger partial charge in [0.1, 0.15) is 11.6 Å². The van der Waals surface area contributed by atoms with Crippen molar-refractivity contribution in [1.29, 1.82) is 0 Å². The van der Waals surface area contributed by atoms with Gasteiger partial charge in [-0.3, -0.25) is 0 Å². The molecule has 0 N–H and O–H groups in total. The minimum atomic E-state index is 0.289. The molecule has 0 aromatic heterocycles. The van der Waals surface area contributed by atoms with Crippen LogP contribution in [-0.2, 0) is 9.59 Å². The van der Waals surface area contributed by atoms with Crippen LogP contribution in [0.4, 0.5) is 0 Å². The zero-order chi connectivity index (χ0) is 33.0. The maximum Gasteiger partial charge on any atom is 0.130 e. The largest absolute Gasteiger partial charge is 0.300 e. The van der Waals surface area contributed by atoms with Gasteiger partial charge in [0.2, 0.25) is 0 Å². The number of hydrogen-bond acceptors (Lipinski definition) is 2. The number of Topliss-reactive ketones (excluding diaryl/α,β-unsaturated/α-hetero) is 2. The van der Waals surface area contributed by atoms with Crippen molar-refractivity contribution in [2.24, 2.45) is 17.8 Å². The molecule has 0 radical (unpaired) electrons. The average Bonchev–Trinajstić information content (AvgIpc) is 2.88. The summed E-state index contributed by atoms with van der Waals surface area (Å²) >= 11 is 0. The normalized spacial score (nSPS) is 13.8. The molecule has 0 aromatic carbocycles. The Labute approximate surface area is 270 Å². The summed E-state index contributed by atoms with van der Waals surface area (Å²) in [5.74, 6) is 3.05. The van der Waals surface area contributed by atoms with E-state index < -0.39 is 0 Å². The van der Waals surface area contributed by atoms with Crippen molar-refractivity contribution in [1.82, 2.24) is 0 Å². The van der Waals surface area contributed by atoms with E-state index in [1.165, 1.54) is 100 Å². The van der Waals surface area contributed by atoms with Crippen molar-refractivity contribution in [3.05, 3.63) is 46.6 Å². The van der Waals surface area contributed by atoms with Crippen LogP contribution in [0.15, 0.2) is 46.6 Å². The number of ketones is 2. The third-order valence-corrected chi connectivity index (χ3v) is 8.23. The third-order valence-electron chi connectivity index (χ3n) is 8.23. The Morgan fingerprint density at radius 1 is 0.442 bits per heavy atom. The van der Waals surface area contributed by atoms with Crippen molar-refractivity contribution < 1.29 is 9.59 Å². The lowest BCUT2D eigenvalue weighted by Gasteiger charge is -2.10. The molecule has 2 atom stereocenters. The number of carbonyl (C=O) groups is 2. The molecule has 0 aliphatic rings. The summed E-state index contributed by atoms with van der Waals surface area (Å²) in [6.07, 6.45) is 29.1. The van der Waals surface area contributed by atoms with Gasteiger partial charge in [0.25, 0.3) is 0 Å². The van der Waals surface area contributed by atoms with E-state index in [2.05, 4.69) is 86.6 Å². The predicted molar refractivity (Wildman–Crippen MR) is 194 cm³/mol. The Balaban J connectivity index is 0. The molecule has 43 heavy (non-hydrogen) atoms. The maximum atomic E-state index is 10.9. The highest BCUT2D eigenvalue weighted by atomic mass is 16.1. The molecule has 0 saturated heterocycles. The van der Waals surface area contributed by atoms with Gasteiger partial charge in [-0.2, -0.15) is 0 Å². The summed E-state index contributed by atoms with van der Waals surface area (Å²) in [5.41, 5.74) is 5.89. The molecule has 0 spiro atoms. The van der Waals surface area contributed by atoms with Crippen LogP contribution in [-0.4, -0.2) is 11.6 Å². The first kappa shape index (κ1) is 43.4. The number of allylic oxidation sites excluding steroid dienone is 8. The van der Waals surface area contributed by atoms with Gasteiger partial charge in [0.05, 0.1) is 0 Å². The van der Waals surface area contributed by atoms with Crippen LogP contribution in [0.5, 0.6) is 0 Å². The van der Waals surface area contributed by atoms with Gasteiger partial charge >= 0.3 is 0 Å². The monoisotopic (exact) mass is 599 g/mol. The zero-order valence-electron chi connectivity index (χ0n) is 30.9. The summed E-state index contributed by atoms with van der Waals surface area (Å²) in [7, 11) is 0. The second-order valence-electron chi connectivity index (χ2n) is 14.3. The highest BCUT2D eigenvalue weighted by molar-refractivity contribution is 5.75. The van der Waals surface area contributed by atoms with Gasteiger partial charge in [-0.25, -0.2) is 0 Å². The highest BCUT2D eigenvalue weighted by Crippen LogP contribution is 2.20. The van der Waals surface area contributed by atoms with Gasteiger partial charge in [-0.15, -0.1) is 0 Å². The van der Waals surface area contributed by atoms with Crippen LogP contribution in [0, 0.1) is 17.8 Å². The molecule has 2 heteroatoms. The first-order valence-corrected chi connectivity index (χ1v) is 17.8. The van der Waals surface area contributed by atoms with Crippen molar-refractivity contribution in [3.8, 4) is 0 Å². The SMILES string of the molecule is CC(=O)CC/C=C(\C)CCCC(C)CC/C=C(\C)CCCC(C)C.CC(=O)CC/C=C(\C)CCCC(C)CCC=C(C)C. The Hall–Kier alpha value is -1.70. The molecule has 250 valence electrons. The number of rotatable bonds is 24. The molecule has 2 nitrogen and oxygen atoms in total. The summed E-state index contributed by atoms with van der Waals surface area (Å²) in [4.78, 5) is 21.8. The number of hydrogen-bond donors (Lipinski definition) is 0. The second-order valence-corrected chi connectivity index (χ2v) is 14.3. The fraction of sp³-hybridized carbons (Fsp3) is 0.756. The predicted octanol–water partition coefficient (Wildman–Crippen LogP) is 13.5. The van der Waals surface area contributed by atoms with E-state index >= 15 is 0 Å². The molecule has 0 amide bonds. The van der Waals surface area contributed by atoms with Gasteiger partial charge in [0, 0.05) is 12.8 Å². The van der Waals surface area contributed by atoms with Crippen molar-refractivity contribution in [2.75, 3.05) is 0 Å². The van der Waals surface area contributed by atoms with E-state index in [-0.39, 0.29) is 5.78 Å². The fourth-order valence-electron chi connectivity index (χ4n) is 5.16. The van der Waals surface area contributed by atoms with E-state index in [4.69, 9.17) is 0 Å². The lowest BCUT2D eigenvalue weighted by Crippen LogP contribution is -1.95. The molecule has 0 aliphatic carbocycles.